The summed E-state index contributed by atoms with van der Waals surface area (Å²) in [6.07, 6.45) is -0.851. The van der Waals surface area contributed by atoms with E-state index >= 15 is 0 Å². The van der Waals surface area contributed by atoms with E-state index in [-0.39, 0.29) is 29.8 Å². The van der Waals surface area contributed by atoms with Crippen molar-refractivity contribution in [2.24, 2.45) is 0 Å². The van der Waals surface area contributed by atoms with E-state index in [1.165, 1.54) is 10.9 Å². The predicted octanol–water partition coefficient (Wildman–Crippen LogP) is -0.557. The summed E-state index contributed by atoms with van der Waals surface area (Å²) in [5.41, 5.74) is 1.60. The molecule has 3 aromatic rings. The molecule has 1 saturated heterocycles. The Bertz CT molecular complexity index is 1310. The molecule has 1 aliphatic carbocycles. The molecule has 0 unspecified atom stereocenters. The fourth-order valence-corrected chi connectivity index (χ4v) is 5.15. The Hall–Kier alpha value is -3.36. The predicted molar refractivity (Wildman–Crippen MR) is 131 cm³/mol. The van der Waals surface area contributed by atoms with Crippen molar-refractivity contribution in [2.75, 3.05) is 18.5 Å². The van der Waals surface area contributed by atoms with Crippen LogP contribution in [0.2, 0.25) is 5.28 Å². The number of imide groups is 1. The van der Waals surface area contributed by atoms with Crippen LogP contribution in [0.3, 0.4) is 0 Å². The second-order valence-corrected chi connectivity index (χ2v) is 9.46. The van der Waals surface area contributed by atoms with E-state index in [0.29, 0.717) is 11.9 Å². The average Bonchev–Trinajstić information content (AvgIpc) is 3.52. The number of carbonyl (C=O) groups excluding carboxylic acids is 2. The van der Waals surface area contributed by atoms with Gasteiger partial charge in [-0.05, 0) is 30.0 Å². The maximum absolute atomic E-state index is 12.5. The van der Waals surface area contributed by atoms with Gasteiger partial charge in [0.15, 0.2) is 17.0 Å². The second kappa shape index (κ2) is 10.2. The Kier molecular flexibility index (Phi) is 6.96. The molecule has 2 aromatic heterocycles. The summed E-state index contributed by atoms with van der Waals surface area (Å²) in [6.45, 7) is -0.763. The van der Waals surface area contributed by atoms with Crippen LogP contribution in [-0.4, -0.2) is 100 Å². The van der Waals surface area contributed by atoms with E-state index in [2.05, 4.69) is 25.6 Å². The van der Waals surface area contributed by atoms with Crippen molar-refractivity contribution < 1.29 is 30.0 Å². The highest BCUT2D eigenvalue weighted by atomic mass is 35.5. The fraction of sp³-hybridized carbons (Fsp3) is 0.435. The zero-order chi connectivity index (χ0) is 26.3. The first kappa shape index (κ1) is 25.3. The molecule has 3 heterocycles. The lowest BCUT2D eigenvalue weighted by atomic mass is 10.1. The van der Waals surface area contributed by atoms with Gasteiger partial charge in [0.05, 0.1) is 37.7 Å². The van der Waals surface area contributed by atoms with Gasteiger partial charge in [-0.25, -0.2) is 9.78 Å². The van der Waals surface area contributed by atoms with Crippen molar-refractivity contribution in [3.8, 4) is 0 Å². The van der Waals surface area contributed by atoms with Crippen molar-refractivity contribution in [1.82, 2.24) is 29.7 Å². The van der Waals surface area contributed by atoms with Crippen LogP contribution in [0.4, 0.5) is 10.6 Å². The minimum Gasteiger partial charge on any atom is -0.394 e. The summed E-state index contributed by atoms with van der Waals surface area (Å²) in [6, 6.07) is 5.54. The second-order valence-electron chi connectivity index (χ2n) is 9.12. The molecular weight excluding hydrogens is 506 g/mol. The van der Waals surface area contributed by atoms with Crippen molar-refractivity contribution in [3.63, 3.8) is 0 Å². The Morgan fingerprint density at radius 3 is 2.51 bits per heavy atom. The largest absolute Gasteiger partial charge is 0.394 e. The Labute approximate surface area is 215 Å². The van der Waals surface area contributed by atoms with Crippen LogP contribution in [-0.2, 0) is 11.2 Å². The quantitative estimate of drug-likeness (QED) is 0.162. The molecular formula is C23H26ClN7O6. The third-order valence-electron chi connectivity index (χ3n) is 6.83. The van der Waals surface area contributed by atoms with E-state index in [1.54, 1.807) is 0 Å². The third kappa shape index (κ3) is 4.60. The topological polar surface area (TPSA) is 186 Å². The lowest BCUT2D eigenvalue weighted by Gasteiger charge is -2.24. The van der Waals surface area contributed by atoms with Gasteiger partial charge in [0, 0.05) is 0 Å². The number of urea groups is 1. The van der Waals surface area contributed by atoms with E-state index in [0.717, 1.165) is 10.5 Å². The number of hydrogen-bond acceptors (Lipinski definition) is 10. The van der Waals surface area contributed by atoms with Gasteiger partial charge >= 0.3 is 6.03 Å². The minimum absolute atomic E-state index is 0.0166. The number of carbonyl (C=O) groups is 2. The smallest absolute Gasteiger partial charge is 0.325 e. The highest BCUT2D eigenvalue weighted by Gasteiger charge is 2.52. The number of aromatic nitrogens is 4. The minimum atomic E-state index is -1.44. The zero-order valence-corrected chi connectivity index (χ0v) is 20.2. The lowest BCUT2D eigenvalue weighted by molar-refractivity contribution is -0.131. The fourth-order valence-electron chi connectivity index (χ4n) is 4.99. The molecule has 14 heteroatoms. The lowest BCUT2D eigenvalue weighted by Crippen LogP contribution is -2.47. The summed E-state index contributed by atoms with van der Waals surface area (Å²) < 4.78 is 1.52. The molecule has 0 bridgehead atoms. The van der Waals surface area contributed by atoms with Gasteiger partial charge in [-0.15, -0.1) is 0 Å². The van der Waals surface area contributed by atoms with E-state index in [4.69, 9.17) is 11.6 Å². The van der Waals surface area contributed by atoms with Gasteiger partial charge in [0.25, 0.3) is 5.91 Å². The average molecular weight is 532 g/mol. The summed E-state index contributed by atoms with van der Waals surface area (Å²) >= 11 is 6.21. The van der Waals surface area contributed by atoms with Crippen LogP contribution >= 0.6 is 11.6 Å². The highest BCUT2D eigenvalue weighted by Crippen LogP contribution is 2.37. The molecule has 1 aliphatic heterocycles. The van der Waals surface area contributed by atoms with Gasteiger partial charge in [-0.1, -0.05) is 30.3 Å². The van der Waals surface area contributed by atoms with Crippen molar-refractivity contribution in [3.05, 3.63) is 47.5 Å². The first-order chi connectivity index (χ1) is 17.8. The van der Waals surface area contributed by atoms with Crippen LogP contribution in [0, 0.1) is 0 Å². The molecule has 6 atom stereocenters. The molecule has 13 nitrogen and oxygen atoms in total. The van der Waals surface area contributed by atoms with Crippen LogP contribution < -0.4 is 10.6 Å². The number of hydrogen-bond donors (Lipinski definition) is 6. The summed E-state index contributed by atoms with van der Waals surface area (Å²) in [4.78, 5) is 38.6. The maximum atomic E-state index is 12.5. The molecule has 0 spiro atoms. The Morgan fingerprint density at radius 2 is 1.84 bits per heavy atom. The van der Waals surface area contributed by atoms with E-state index < -0.39 is 54.9 Å². The van der Waals surface area contributed by atoms with Gasteiger partial charge in [0.1, 0.15) is 18.2 Å². The van der Waals surface area contributed by atoms with Crippen molar-refractivity contribution in [1.29, 1.82) is 0 Å². The van der Waals surface area contributed by atoms with Crippen LogP contribution in [0.25, 0.3) is 11.2 Å². The normalized spacial score (nSPS) is 26.6. The molecule has 37 heavy (non-hydrogen) atoms. The number of nitrogens with one attached hydrogen (secondary N) is 2. The van der Waals surface area contributed by atoms with Gasteiger partial charge < -0.3 is 35.6 Å². The first-order valence-corrected chi connectivity index (χ1v) is 12.1. The van der Waals surface area contributed by atoms with Crippen LogP contribution in [0.5, 0.6) is 0 Å². The van der Waals surface area contributed by atoms with Gasteiger partial charge in [-0.2, -0.15) is 9.97 Å². The number of imidazole rings is 1. The number of aliphatic hydroxyl groups excluding tert-OH is 4. The molecule has 0 radical (unpaired) electrons. The molecule has 1 saturated carbocycles. The number of halogens is 1. The summed E-state index contributed by atoms with van der Waals surface area (Å²) in [5, 5.41) is 46.3. The SMILES string of the molecule is O=C1N[C@H](CO)C(=O)N1[C@H]1C[C@@H](n2cnc3c(N[C@H](CO)Cc4ccccc4)nc(Cl)nc32)[C@H](O)[C@@H]1O. The van der Waals surface area contributed by atoms with Crippen LogP contribution in [0.15, 0.2) is 36.7 Å². The molecule has 2 fully saturated rings. The monoisotopic (exact) mass is 531 g/mol. The maximum Gasteiger partial charge on any atom is 0.325 e. The molecule has 5 rings (SSSR count). The number of anilines is 1. The zero-order valence-electron chi connectivity index (χ0n) is 19.5. The number of aliphatic hydroxyl groups is 4. The number of amides is 3. The van der Waals surface area contributed by atoms with Crippen molar-refractivity contribution in [2.45, 2.75) is 49.2 Å². The number of benzene rings is 1. The third-order valence-corrected chi connectivity index (χ3v) is 6.99. The molecule has 196 valence electrons. The Balaban J connectivity index is 1.42. The van der Waals surface area contributed by atoms with Gasteiger partial charge in [0.2, 0.25) is 5.28 Å². The van der Waals surface area contributed by atoms with E-state index in [1.807, 2.05) is 30.3 Å². The number of rotatable bonds is 8. The standard InChI is InChI=1S/C23H26ClN7O6/c24-22-28-19(26-12(8-32)6-11-4-2-1-3-5-11)16-20(29-22)30(10-25-16)14-7-15(18(35)17(14)34)31-21(36)13(9-33)27-23(31)37/h1-5,10,12-15,17-18,32-35H,6-9H2,(H,27,37)(H,26,28,29)/t12-,13+,14+,15-,17-,18+/m0/s1. The molecule has 3 amide bonds. The summed E-state index contributed by atoms with van der Waals surface area (Å²) in [7, 11) is 0. The Morgan fingerprint density at radius 1 is 1.11 bits per heavy atom. The molecule has 2 aliphatic rings. The summed E-state index contributed by atoms with van der Waals surface area (Å²) in [5.74, 6) is -0.390. The van der Waals surface area contributed by atoms with Crippen LogP contribution in [0.1, 0.15) is 18.0 Å². The van der Waals surface area contributed by atoms with Crippen molar-refractivity contribution >= 4 is 40.5 Å². The number of nitrogens with zero attached hydrogens (tertiary/aromatic N) is 5. The van der Waals surface area contributed by atoms with E-state index in [9.17, 15) is 30.0 Å². The number of fused-ring (bicyclic) bond motifs is 1. The molecule has 1 aromatic carbocycles. The highest BCUT2D eigenvalue weighted by molar-refractivity contribution is 6.28. The molecule has 6 N–H and O–H groups in total. The van der Waals surface area contributed by atoms with Gasteiger partial charge in [-0.3, -0.25) is 9.69 Å². The first-order valence-electron chi connectivity index (χ1n) is 11.7.